The first kappa shape index (κ1) is 23.5. The Morgan fingerprint density at radius 1 is 0.600 bits per heavy atom. The summed E-state index contributed by atoms with van der Waals surface area (Å²) < 4.78 is 46.9. The van der Waals surface area contributed by atoms with Gasteiger partial charge in [0, 0.05) is 34.3 Å². The van der Waals surface area contributed by atoms with Crippen molar-refractivity contribution >= 4 is 70.5 Å². The first-order chi connectivity index (χ1) is 16.4. The smallest absolute Gasteiger partial charge is 0.211 e. The molecule has 6 rings (SSSR count). The summed E-state index contributed by atoms with van der Waals surface area (Å²) >= 11 is 0. The van der Waals surface area contributed by atoms with Gasteiger partial charge in [-0.15, -0.1) is 0 Å². The molecule has 3 aromatic carbocycles. The maximum Gasteiger partial charge on any atom is 0.211 e. The van der Waals surface area contributed by atoms with Crippen molar-refractivity contribution in [3.8, 4) is 0 Å². The molecule has 0 saturated carbocycles. The standard InChI is InChI=1S/C27H31N2O3P3/c1-8-28(9-2)35(32)23-14-17(4)12-21-26(23)29-25-19(33(21,6)30)10-16(3)11-20(25)34(7,31)22-13-18(5)15-24(35)27(22)29/h10-15H,8-9H2,1-7H3. The minimum Gasteiger partial charge on any atom is -0.314 e. The summed E-state index contributed by atoms with van der Waals surface area (Å²) in [7, 11) is -9.37. The summed E-state index contributed by atoms with van der Waals surface area (Å²) in [5.74, 6) is 0. The molecule has 0 aliphatic carbocycles. The lowest BCUT2D eigenvalue weighted by molar-refractivity contribution is 0.458. The molecule has 3 heterocycles. The largest absolute Gasteiger partial charge is 0.314 e. The average molecular weight is 524 g/mol. The van der Waals surface area contributed by atoms with Gasteiger partial charge in [0.15, 0.2) is 0 Å². The Labute approximate surface area is 207 Å². The third-order valence-electron chi connectivity index (χ3n) is 7.93. The van der Waals surface area contributed by atoms with Gasteiger partial charge < -0.3 is 14.0 Å². The molecule has 2 unspecified atom stereocenters. The predicted octanol–water partition coefficient (Wildman–Crippen LogP) is 4.48. The molecular weight excluding hydrogens is 493 g/mol. The lowest BCUT2D eigenvalue weighted by atomic mass is 10.1. The highest BCUT2D eigenvalue weighted by Gasteiger charge is 2.54. The van der Waals surface area contributed by atoms with E-state index < -0.39 is 21.6 Å². The van der Waals surface area contributed by atoms with E-state index in [9.17, 15) is 9.13 Å². The molecule has 3 aromatic rings. The number of hydrogen-bond acceptors (Lipinski definition) is 4. The van der Waals surface area contributed by atoms with E-state index >= 15 is 4.57 Å². The molecule has 3 aliphatic rings. The van der Waals surface area contributed by atoms with Crippen LogP contribution in [0, 0.1) is 20.8 Å². The highest BCUT2D eigenvalue weighted by Crippen LogP contribution is 2.65. The summed E-state index contributed by atoms with van der Waals surface area (Å²) in [4.78, 5) is 2.16. The van der Waals surface area contributed by atoms with E-state index in [1.165, 1.54) is 0 Å². The summed E-state index contributed by atoms with van der Waals surface area (Å²) in [6.07, 6.45) is 0. The van der Waals surface area contributed by atoms with Gasteiger partial charge in [-0.3, -0.25) is 4.57 Å². The number of aryl methyl sites for hydroxylation is 3. The zero-order valence-electron chi connectivity index (χ0n) is 21.3. The zero-order valence-corrected chi connectivity index (χ0v) is 24.0. The third kappa shape index (κ3) is 2.69. The molecule has 0 fully saturated rings. The minimum atomic E-state index is -3.28. The monoisotopic (exact) mass is 524 g/mol. The van der Waals surface area contributed by atoms with E-state index in [4.69, 9.17) is 0 Å². The Bertz CT molecular complexity index is 1530. The summed E-state index contributed by atoms with van der Waals surface area (Å²) in [5, 5.41) is 4.55. The molecule has 3 aliphatic heterocycles. The van der Waals surface area contributed by atoms with E-state index in [0.717, 1.165) is 65.6 Å². The molecule has 35 heavy (non-hydrogen) atoms. The van der Waals surface area contributed by atoms with E-state index in [1.807, 2.05) is 84.3 Å². The van der Waals surface area contributed by atoms with Gasteiger partial charge in [0.05, 0.1) is 27.7 Å². The zero-order chi connectivity index (χ0) is 25.2. The number of anilines is 3. The molecule has 0 spiro atoms. The van der Waals surface area contributed by atoms with Crippen LogP contribution in [0.4, 0.5) is 17.1 Å². The van der Waals surface area contributed by atoms with E-state index in [0.29, 0.717) is 13.1 Å². The summed E-state index contributed by atoms with van der Waals surface area (Å²) in [6, 6.07) is 12.1. The van der Waals surface area contributed by atoms with Crippen LogP contribution < -0.4 is 36.7 Å². The fourth-order valence-electron chi connectivity index (χ4n) is 6.32. The van der Waals surface area contributed by atoms with Crippen molar-refractivity contribution in [2.45, 2.75) is 34.6 Å². The highest BCUT2D eigenvalue weighted by atomic mass is 31.2. The van der Waals surface area contributed by atoms with Gasteiger partial charge in [0.1, 0.15) is 14.3 Å². The van der Waals surface area contributed by atoms with Crippen molar-refractivity contribution in [3.05, 3.63) is 53.1 Å². The Morgan fingerprint density at radius 3 is 1.20 bits per heavy atom. The number of nitrogens with zero attached hydrogens (tertiary/aromatic N) is 2. The van der Waals surface area contributed by atoms with Crippen LogP contribution in [0.1, 0.15) is 30.5 Å². The van der Waals surface area contributed by atoms with Gasteiger partial charge in [-0.1, -0.05) is 13.8 Å². The van der Waals surface area contributed by atoms with Crippen LogP contribution in [0.5, 0.6) is 0 Å². The van der Waals surface area contributed by atoms with E-state index in [-0.39, 0.29) is 0 Å². The van der Waals surface area contributed by atoms with Gasteiger partial charge in [-0.05, 0) is 87.2 Å². The van der Waals surface area contributed by atoms with E-state index in [1.54, 1.807) is 0 Å². The summed E-state index contributed by atoms with van der Waals surface area (Å²) in [5.41, 5.74) is 5.23. The minimum absolute atomic E-state index is 0.619. The van der Waals surface area contributed by atoms with Crippen molar-refractivity contribution in [2.24, 2.45) is 0 Å². The number of benzene rings is 3. The van der Waals surface area contributed by atoms with Crippen LogP contribution in [-0.2, 0) is 13.7 Å². The number of hydrogen-bond donors (Lipinski definition) is 0. The van der Waals surface area contributed by atoms with Crippen LogP contribution in [0.3, 0.4) is 0 Å². The molecule has 0 aromatic heterocycles. The quantitative estimate of drug-likeness (QED) is 0.473. The van der Waals surface area contributed by atoms with Gasteiger partial charge in [-0.25, -0.2) is 4.67 Å². The molecule has 182 valence electrons. The SMILES string of the molecule is CCN(CC)P1(=O)c2cc(C)cc3c2N2c4c(cc(C)cc4P(C)(=O)c4cc(C)cc1c42)P3(C)=O. The molecule has 0 saturated heterocycles. The van der Waals surface area contributed by atoms with Crippen molar-refractivity contribution in [2.75, 3.05) is 31.3 Å². The normalized spacial score (nSPS) is 27.3. The maximum atomic E-state index is 15.5. The van der Waals surface area contributed by atoms with E-state index in [2.05, 4.69) is 9.57 Å². The van der Waals surface area contributed by atoms with Crippen LogP contribution in [0.2, 0.25) is 0 Å². The topological polar surface area (TPSA) is 57.7 Å². The van der Waals surface area contributed by atoms with Gasteiger partial charge in [0.25, 0.3) is 0 Å². The molecule has 8 heteroatoms. The maximum absolute atomic E-state index is 15.5. The van der Waals surface area contributed by atoms with Crippen molar-refractivity contribution < 1.29 is 13.7 Å². The number of rotatable bonds is 3. The second kappa shape index (κ2) is 7.11. The highest BCUT2D eigenvalue weighted by molar-refractivity contribution is 7.82. The molecule has 0 bridgehead atoms. The Morgan fingerprint density at radius 2 is 0.886 bits per heavy atom. The van der Waals surface area contributed by atoms with Crippen LogP contribution >= 0.6 is 21.6 Å². The van der Waals surface area contributed by atoms with Crippen molar-refractivity contribution in [1.29, 1.82) is 0 Å². The second-order valence-electron chi connectivity index (χ2n) is 10.4. The van der Waals surface area contributed by atoms with Gasteiger partial charge in [-0.2, -0.15) is 0 Å². The molecule has 0 radical (unpaired) electrons. The van der Waals surface area contributed by atoms with Crippen LogP contribution in [-0.4, -0.2) is 31.1 Å². The molecule has 5 nitrogen and oxygen atoms in total. The first-order valence-corrected chi connectivity index (χ1v) is 18.1. The predicted molar refractivity (Wildman–Crippen MR) is 151 cm³/mol. The van der Waals surface area contributed by atoms with Crippen LogP contribution in [0.25, 0.3) is 0 Å². The third-order valence-corrected chi connectivity index (χ3v) is 16.3. The van der Waals surface area contributed by atoms with Crippen molar-refractivity contribution in [1.82, 2.24) is 4.67 Å². The molecule has 0 amide bonds. The Balaban J connectivity index is 1.92. The first-order valence-electron chi connectivity index (χ1n) is 12.2. The molecule has 2 atom stereocenters. The Kier molecular flexibility index (Phi) is 4.78. The lowest BCUT2D eigenvalue weighted by Crippen LogP contribution is -2.51. The fraction of sp³-hybridized carbons (Fsp3) is 0.333. The van der Waals surface area contributed by atoms with Crippen molar-refractivity contribution in [3.63, 3.8) is 0 Å². The molecule has 0 N–H and O–H groups in total. The molecular formula is C27H31N2O3P3. The average Bonchev–Trinajstić information content (AvgIpc) is 2.78. The Hall–Kier alpha value is -1.89. The van der Waals surface area contributed by atoms with Gasteiger partial charge >= 0.3 is 0 Å². The summed E-state index contributed by atoms with van der Waals surface area (Å²) in [6.45, 7) is 14.9. The lowest BCUT2D eigenvalue weighted by Gasteiger charge is -2.50. The van der Waals surface area contributed by atoms with Crippen LogP contribution in [0.15, 0.2) is 36.4 Å². The fourth-order valence-corrected chi connectivity index (χ4v) is 14.8. The van der Waals surface area contributed by atoms with Gasteiger partial charge in [0.2, 0.25) is 7.29 Å². The second-order valence-corrected chi connectivity index (χ2v) is 18.7.